The van der Waals surface area contributed by atoms with Gasteiger partial charge in [-0.3, -0.25) is 4.79 Å². The van der Waals surface area contributed by atoms with E-state index in [4.69, 9.17) is 11.6 Å². The molecule has 1 aromatic carbocycles. The van der Waals surface area contributed by atoms with E-state index in [1.807, 2.05) is 12.1 Å². The third kappa shape index (κ3) is 3.95. The fraction of sp³-hybridized carbons (Fsp3) is 0.533. The van der Waals surface area contributed by atoms with Crippen molar-refractivity contribution in [3.63, 3.8) is 0 Å². The minimum Gasteiger partial charge on any atom is -0.324 e. The van der Waals surface area contributed by atoms with Crippen LogP contribution in [0.25, 0.3) is 0 Å². The quantitative estimate of drug-likeness (QED) is 0.897. The molecule has 1 aliphatic heterocycles. The van der Waals surface area contributed by atoms with E-state index in [9.17, 15) is 4.79 Å². The molecule has 1 aromatic rings. The molecule has 1 heterocycles. The molecule has 0 aliphatic carbocycles. The second kappa shape index (κ2) is 7.07. The minimum absolute atomic E-state index is 0.0805. The zero-order chi connectivity index (χ0) is 14.5. The maximum atomic E-state index is 12.0. The van der Waals surface area contributed by atoms with E-state index in [-0.39, 0.29) is 12.5 Å². The molecule has 0 saturated carbocycles. The van der Waals surface area contributed by atoms with Crippen LogP contribution in [0.4, 0.5) is 5.69 Å². The number of nitrogens with zero attached hydrogens (tertiary/aromatic N) is 1. The summed E-state index contributed by atoms with van der Waals surface area (Å²) in [5.74, 6) is -0.0805. The summed E-state index contributed by atoms with van der Waals surface area (Å²) < 4.78 is 0. The predicted molar refractivity (Wildman–Crippen MR) is 82.7 cm³/mol. The Morgan fingerprint density at radius 2 is 1.95 bits per heavy atom. The predicted octanol–water partition coefficient (Wildman–Crippen LogP) is 3.05. The molecule has 1 fully saturated rings. The first kappa shape index (κ1) is 15.3. The summed E-state index contributed by atoms with van der Waals surface area (Å²) in [4.78, 5) is 12.0. The number of piperidine rings is 1. The number of benzene rings is 1. The van der Waals surface area contributed by atoms with Crippen molar-refractivity contribution in [2.45, 2.75) is 45.2 Å². The van der Waals surface area contributed by atoms with Crippen LogP contribution in [-0.2, 0) is 4.79 Å². The highest BCUT2D eigenvalue weighted by Gasteiger charge is 2.24. The molecule has 0 radical (unpaired) electrons. The Balaban J connectivity index is 1.84. The van der Waals surface area contributed by atoms with Gasteiger partial charge in [-0.2, -0.15) is 0 Å². The number of para-hydroxylation sites is 1. The van der Waals surface area contributed by atoms with Gasteiger partial charge in [-0.1, -0.05) is 30.2 Å². The molecule has 110 valence electrons. The maximum absolute atomic E-state index is 12.0. The van der Waals surface area contributed by atoms with Gasteiger partial charge in [-0.05, 0) is 38.8 Å². The van der Waals surface area contributed by atoms with E-state index in [1.165, 1.54) is 19.3 Å². The van der Waals surface area contributed by atoms with Crippen LogP contribution in [0.2, 0.25) is 5.02 Å². The van der Waals surface area contributed by atoms with Crippen molar-refractivity contribution < 1.29 is 4.79 Å². The molecule has 0 bridgehead atoms. The number of anilines is 1. The fourth-order valence-corrected chi connectivity index (χ4v) is 2.84. The van der Waals surface area contributed by atoms with Gasteiger partial charge in [0.15, 0.2) is 0 Å². The molecule has 0 spiro atoms. The zero-order valence-electron chi connectivity index (χ0n) is 12.0. The van der Waals surface area contributed by atoms with Crippen LogP contribution in [0.1, 0.15) is 33.1 Å². The summed E-state index contributed by atoms with van der Waals surface area (Å²) in [6, 6.07) is 8.18. The fourth-order valence-electron chi connectivity index (χ4n) is 2.65. The van der Waals surface area contributed by atoms with Crippen molar-refractivity contribution in [2.75, 3.05) is 11.9 Å². The smallest absolute Gasteiger partial charge is 0.239 e. The van der Waals surface area contributed by atoms with Crippen molar-refractivity contribution in [1.82, 2.24) is 10.4 Å². The van der Waals surface area contributed by atoms with E-state index in [2.05, 4.69) is 29.6 Å². The average molecular weight is 296 g/mol. The van der Waals surface area contributed by atoms with Gasteiger partial charge in [0, 0.05) is 12.1 Å². The van der Waals surface area contributed by atoms with E-state index < -0.39 is 0 Å². The molecule has 20 heavy (non-hydrogen) atoms. The standard InChI is InChI=1S/C15H22ClN3O/c1-11-6-5-7-12(2)19(11)17-10-15(20)18-14-9-4-3-8-13(14)16/h3-4,8-9,11-12,17H,5-7,10H2,1-2H3,(H,18,20). The van der Waals surface area contributed by atoms with Crippen molar-refractivity contribution in [2.24, 2.45) is 0 Å². The van der Waals surface area contributed by atoms with Crippen LogP contribution >= 0.6 is 11.6 Å². The molecule has 2 unspecified atom stereocenters. The van der Waals surface area contributed by atoms with Gasteiger partial charge in [-0.15, -0.1) is 0 Å². The number of amides is 1. The number of carbonyl (C=O) groups excluding carboxylic acids is 1. The first-order valence-corrected chi connectivity index (χ1v) is 7.52. The van der Waals surface area contributed by atoms with Crippen LogP contribution < -0.4 is 10.7 Å². The number of hydrogen-bond donors (Lipinski definition) is 2. The van der Waals surface area contributed by atoms with Gasteiger partial charge in [-0.25, -0.2) is 10.4 Å². The van der Waals surface area contributed by atoms with Crippen molar-refractivity contribution in [3.8, 4) is 0 Å². The molecular weight excluding hydrogens is 274 g/mol. The van der Waals surface area contributed by atoms with E-state index in [0.29, 0.717) is 22.8 Å². The summed E-state index contributed by atoms with van der Waals surface area (Å²) in [6.07, 6.45) is 3.60. The summed E-state index contributed by atoms with van der Waals surface area (Å²) in [6.45, 7) is 4.64. The minimum atomic E-state index is -0.0805. The van der Waals surface area contributed by atoms with E-state index in [0.717, 1.165) is 0 Å². The van der Waals surface area contributed by atoms with Gasteiger partial charge < -0.3 is 5.32 Å². The molecule has 2 atom stereocenters. The number of hydrazine groups is 1. The SMILES string of the molecule is CC1CCCC(C)N1NCC(=O)Nc1ccccc1Cl. The van der Waals surface area contributed by atoms with E-state index >= 15 is 0 Å². The molecule has 1 saturated heterocycles. The van der Waals surface area contributed by atoms with Gasteiger partial charge in [0.2, 0.25) is 5.91 Å². The lowest BCUT2D eigenvalue weighted by Crippen LogP contribution is -2.53. The zero-order valence-corrected chi connectivity index (χ0v) is 12.8. The third-order valence-corrected chi connectivity index (χ3v) is 4.09. The molecule has 0 aromatic heterocycles. The first-order chi connectivity index (χ1) is 9.58. The molecular formula is C15H22ClN3O. The topological polar surface area (TPSA) is 44.4 Å². The van der Waals surface area contributed by atoms with Gasteiger partial charge >= 0.3 is 0 Å². The Labute approximate surface area is 125 Å². The Bertz CT molecular complexity index is 456. The monoisotopic (exact) mass is 295 g/mol. The van der Waals surface area contributed by atoms with Crippen LogP contribution in [-0.4, -0.2) is 29.5 Å². The number of halogens is 1. The molecule has 2 N–H and O–H groups in total. The van der Waals surface area contributed by atoms with Gasteiger partial charge in [0.05, 0.1) is 17.3 Å². The van der Waals surface area contributed by atoms with Crippen molar-refractivity contribution >= 4 is 23.2 Å². The largest absolute Gasteiger partial charge is 0.324 e. The Morgan fingerprint density at radius 3 is 2.60 bits per heavy atom. The van der Waals surface area contributed by atoms with Crippen LogP contribution in [0.15, 0.2) is 24.3 Å². The average Bonchev–Trinajstić information content (AvgIpc) is 2.41. The number of nitrogens with one attached hydrogen (secondary N) is 2. The Kier molecular flexibility index (Phi) is 5.40. The highest BCUT2D eigenvalue weighted by Crippen LogP contribution is 2.21. The summed E-state index contributed by atoms with van der Waals surface area (Å²) in [5, 5.41) is 5.57. The number of carbonyl (C=O) groups is 1. The molecule has 2 rings (SSSR count). The Hall–Kier alpha value is -1.10. The van der Waals surface area contributed by atoms with Crippen LogP contribution in [0.5, 0.6) is 0 Å². The first-order valence-electron chi connectivity index (χ1n) is 7.14. The van der Waals surface area contributed by atoms with Gasteiger partial charge in [0.25, 0.3) is 0 Å². The lowest BCUT2D eigenvalue weighted by atomic mass is 10.00. The summed E-state index contributed by atoms with van der Waals surface area (Å²) >= 11 is 6.02. The third-order valence-electron chi connectivity index (χ3n) is 3.76. The molecule has 1 aliphatic rings. The Morgan fingerprint density at radius 1 is 1.30 bits per heavy atom. The van der Waals surface area contributed by atoms with E-state index in [1.54, 1.807) is 12.1 Å². The molecule has 5 heteroatoms. The normalized spacial score (nSPS) is 23.6. The van der Waals surface area contributed by atoms with Crippen molar-refractivity contribution in [3.05, 3.63) is 29.3 Å². The number of rotatable bonds is 4. The highest BCUT2D eigenvalue weighted by atomic mass is 35.5. The lowest BCUT2D eigenvalue weighted by Gasteiger charge is -2.38. The van der Waals surface area contributed by atoms with Gasteiger partial charge in [0.1, 0.15) is 0 Å². The molecule has 4 nitrogen and oxygen atoms in total. The maximum Gasteiger partial charge on any atom is 0.239 e. The van der Waals surface area contributed by atoms with Crippen molar-refractivity contribution in [1.29, 1.82) is 0 Å². The highest BCUT2D eigenvalue weighted by molar-refractivity contribution is 6.33. The summed E-state index contributed by atoms with van der Waals surface area (Å²) in [5.41, 5.74) is 3.89. The van der Waals surface area contributed by atoms with Crippen LogP contribution in [0, 0.1) is 0 Å². The summed E-state index contributed by atoms with van der Waals surface area (Å²) in [7, 11) is 0. The second-order valence-electron chi connectivity index (χ2n) is 5.40. The second-order valence-corrected chi connectivity index (χ2v) is 5.81. The van der Waals surface area contributed by atoms with Crippen LogP contribution in [0.3, 0.4) is 0 Å². The molecule has 1 amide bonds. The number of hydrogen-bond acceptors (Lipinski definition) is 3. The lowest BCUT2D eigenvalue weighted by molar-refractivity contribution is -0.117.